The van der Waals surface area contributed by atoms with Gasteiger partial charge in [-0.25, -0.2) is 4.98 Å². The van der Waals surface area contributed by atoms with Gasteiger partial charge in [0.2, 0.25) is 0 Å². The maximum absolute atomic E-state index is 8.78. The van der Waals surface area contributed by atoms with Crippen LogP contribution < -0.4 is 5.73 Å². The minimum absolute atomic E-state index is 0.0721. The highest BCUT2D eigenvalue weighted by atomic mass is 15.0. The van der Waals surface area contributed by atoms with Gasteiger partial charge in [-0.2, -0.15) is 5.26 Å². The molecule has 98 valence electrons. The predicted octanol–water partition coefficient (Wildman–Crippen LogP) is 2.99. The van der Waals surface area contributed by atoms with Crippen LogP contribution in [0.25, 0.3) is 11.3 Å². The molecule has 1 aromatic heterocycles. The highest BCUT2D eigenvalue weighted by Crippen LogP contribution is 2.23. The zero-order chi connectivity index (χ0) is 13.8. The summed E-state index contributed by atoms with van der Waals surface area (Å²) < 4.78 is 0. The van der Waals surface area contributed by atoms with Crippen molar-refractivity contribution < 1.29 is 0 Å². The van der Waals surface area contributed by atoms with Crippen molar-refractivity contribution in [3.8, 4) is 17.3 Å². The number of hydrogen-bond donors (Lipinski definition) is 2. The number of imidazole rings is 1. The zero-order valence-electron chi connectivity index (χ0n) is 11.2. The molecule has 0 aliphatic rings. The number of nitrogens with one attached hydrogen (secondary N) is 1. The quantitative estimate of drug-likeness (QED) is 0.880. The lowest BCUT2D eigenvalue weighted by atomic mass is 10.00. The Morgan fingerprint density at radius 3 is 2.63 bits per heavy atom. The van der Waals surface area contributed by atoms with E-state index in [0.29, 0.717) is 11.5 Å². The van der Waals surface area contributed by atoms with Gasteiger partial charge in [-0.05, 0) is 23.6 Å². The molecule has 0 saturated heterocycles. The molecule has 19 heavy (non-hydrogen) atoms. The molecule has 0 aliphatic carbocycles. The molecule has 2 aromatic rings. The Morgan fingerprint density at radius 1 is 1.37 bits per heavy atom. The summed E-state index contributed by atoms with van der Waals surface area (Å²) in [5.41, 5.74) is 8.74. The van der Waals surface area contributed by atoms with E-state index in [1.807, 2.05) is 12.1 Å². The van der Waals surface area contributed by atoms with E-state index in [9.17, 15) is 0 Å². The first-order valence-electron chi connectivity index (χ1n) is 6.46. The molecule has 3 N–H and O–H groups in total. The van der Waals surface area contributed by atoms with Crippen LogP contribution >= 0.6 is 0 Å². The van der Waals surface area contributed by atoms with Gasteiger partial charge in [0.15, 0.2) is 0 Å². The van der Waals surface area contributed by atoms with Gasteiger partial charge in [-0.15, -0.1) is 0 Å². The maximum atomic E-state index is 8.78. The molecule has 0 amide bonds. The van der Waals surface area contributed by atoms with Crippen LogP contribution in [0.5, 0.6) is 0 Å². The van der Waals surface area contributed by atoms with Crippen molar-refractivity contribution in [3.63, 3.8) is 0 Å². The monoisotopic (exact) mass is 254 g/mol. The molecule has 2 unspecified atom stereocenters. The summed E-state index contributed by atoms with van der Waals surface area (Å²) in [5, 5.41) is 8.78. The van der Waals surface area contributed by atoms with E-state index in [0.717, 1.165) is 23.5 Å². The molecule has 2 rings (SSSR count). The first-order chi connectivity index (χ1) is 9.15. The largest absolute Gasteiger partial charge is 0.341 e. The summed E-state index contributed by atoms with van der Waals surface area (Å²) >= 11 is 0. The van der Waals surface area contributed by atoms with Crippen LogP contribution in [0.15, 0.2) is 30.5 Å². The Morgan fingerprint density at radius 2 is 2.05 bits per heavy atom. The molecule has 1 aromatic carbocycles. The molecule has 0 saturated carbocycles. The molecule has 0 fully saturated rings. The van der Waals surface area contributed by atoms with Crippen molar-refractivity contribution in [2.75, 3.05) is 0 Å². The highest BCUT2D eigenvalue weighted by Gasteiger charge is 2.16. The summed E-state index contributed by atoms with van der Waals surface area (Å²) in [7, 11) is 0. The second-order valence-corrected chi connectivity index (χ2v) is 4.78. The van der Waals surface area contributed by atoms with Crippen LogP contribution in [0, 0.1) is 17.2 Å². The Kier molecular flexibility index (Phi) is 3.98. The summed E-state index contributed by atoms with van der Waals surface area (Å²) in [6.45, 7) is 4.24. The van der Waals surface area contributed by atoms with Gasteiger partial charge in [-0.3, -0.25) is 0 Å². The van der Waals surface area contributed by atoms with Crippen molar-refractivity contribution in [3.05, 3.63) is 41.9 Å². The average Bonchev–Trinajstić information content (AvgIpc) is 2.95. The number of nitrogens with two attached hydrogens (primary N) is 1. The second kappa shape index (κ2) is 5.68. The third-order valence-electron chi connectivity index (χ3n) is 3.49. The maximum Gasteiger partial charge on any atom is 0.123 e. The van der Waals surface area contributed by atoms with E-state index in [2.05, 4.69) is 29.9 Å². The smallest absolute Gasteiger partial charge is 0.123 e. The Bertz CT molecular complexity index is 577. The van der Waals surface area contributed by atoms with Gasteiger partial charge in [0, 0.05) is 0 Å². The van der Waals surface area contributed by atoms with Crippen molar-refractivity contribution in [2.24, 2.45) is 11.7 Å². The fourth-order valence-electron chi connectivity index (χ4n) is 1.90. The van der Waals surface area contributed by atoms with Crippen molar-refractivity contribution in [1.82, 2.24) is 9.97 Å². The van der Waals surface area contributed by atoms with Gasteiger partial charge in [0.1, 0.15) is 5.82 Å². The summed E-state index contributed by atoms with van der Waals surface area (Å²) in [4.78, 5) is 7.62. The number of H-pyrrole nitrogens is 1. The van der Waals surface area contributed by atoms with Gasteiger partial charge in [0.05, 0.1) is 29.6 Å². The lowest BCUT2D eigenvalue weighted by Crippen LogP contribution is -2.19. The van der Waals surface area contributed by atoms with E-state index in [1.54, 1.807) is 18.3 Å². The molecular formula is C15H18N4. The average molecular weight is 254 g/mol. The standard InChI is InChI=1S/C15H18N4/c1-3-10(2)14(17)15-18-9-13(19-15)12-6-4-11(8-16)5-7-12/h4-7,9-10,14H,3,17H2,1-2H3,(H,18,19). The van der Waals surface area contributed by atoms with Gasteiger partial charge in [0.25, 0.3) is 0 Å². The second-order valence-electron chi connectivity index (χ2n) is 4.78. The summed E-state index contributed by atoms with van der Waals surface area (Å²) in [6.07, 6.45) is 2.81. The Hall–Kier alpha value is -2.12. The fourth-order valence-corrected chi connectivity index (χ4v) is 1.90. The molecule has 0 radical (unpaired) electrons. The van der Waals surface area contributed by atoms with Crippen LogP contribution in [0.2, 0.25) is 0 Å². The Balaban J connectivity index is 2.23. The van der Waals surface area contributed by atoms with Gasteiger partial charge >= 0.3 is 0 Å². The predicted molar refractivity (Wildman–Crippen MR) is 75.1 cm³/mol. The number of nitriles is 1. The van der Waals surface area contributed by atoms with E-state index in [4.69, 9.17) is 11.0 Å². The van der Waals surface area contributed by atoms with Crippen molar-refractivity contribution in [1.29, 1.82) is 5.26 Å². The SMILES string of the molecule is CCC(C)C(N)c1ncc(-c2ccc(C#N)cc2)[nH]1. The molecule has 1 heterocycles. The van der Waals surface area contributed by atoms with Crippen LogP contribution in [0.3, 0.4) is 0 Å². The zero-order valence-corrected chi connectivity index (χ0v) is 11.2. The molecular weight excluding hydrogens is 236 g/mol. The van der Waals surface area contributed by atoms with Crippen molar-refractivity contribution >= 4 is 0 Å². The number of hydrogen-bond acceptors (Lipinski definition) is 3. The summed E-state index contributed by atoms with van der Waals surface area (Å²) in [5.74, 6) is 1.20. The van der Waals surface area contributed by atoms with Crippen LogP contribution in [-0.2, 0) is 0 Å². The van der Waals surface area contributed by atoms with Crippen LogP contribution in [0.4, 0.5) is 0 Å². The minimum Gasteiger partial charge on any atom is -0.341 e. The molecule has 4 nitrogen and oxygen atoms in total. The number of aromatic amines is 1. The summed E-state index contributed by atoms with van der Waals surface area (Å²) in [6, 6.07) is 9.44. The number of nitrogens with zero attached hydrogens (tertiary/aromatic N) is 2. The van der Waals surface area contributed by atoms with E-state index < -0.39 is 0 Å². The first kappa shape index (κ1) is 13.3. The fraction of sp³-hybridized carbons (Fsp3) is 0.333. The number of rotatable bonds is 4. The van der Waals surface area contributed by atoms with E-state index in [1.165, 1.54) is 0 Å². The van der Waals surface area contributed by atoms with Gasteiger partial charge < -0.3 is 10.7 Å². The van der Waals surface area contributed by atoms with Crippen LogP contribution in [-0.4, -0.2) is 9.97 Å². The Labute approximate surface area is 113 Å². The first-order valence-corrected chi connectivity index (χ1v) is 6.46. The van der Waals surface area contributed by atoms with Gasteiger partial charge in [-0.1, -0.05) is 32.4 Å². The molecule has 0 bridgehead atoms. The molecule has 4 heteroatoms. The topological polar surface area (TPSA) is 78.5 Å². The van der Waals surface area contributed by atoms with Crippen molar-refractivity contribution in [2.45, 2.75) is 26.3 Å². The highest BCUT2D eigenvalue weighted by molar-refractivity contribution is 5.59. The molecule has 0 spiro atoms. The van der Waals surface area contributed by atoms with Crippen LogP contribution in [0.1, 0.15) is 37.7 Å². The number of aromatic nitrogens is 2. The minimum atomic E-state index is -0.0721. The molecule has 0 aliphatic heterocycles. The van der Waals surface area contributed by atoms with E-state index >= 15 is 0 Å². The molecule has 2 atom stereocenters. The number of benzene rings is 1. The third-order valence-corrected chi connectivity index (χ3v) is 3.49. The lowest BCUT2D eigenvalue weighted by molar-refractivity contribution is 0.441. The van der Waals surface area contributed by atoms with E-state index in [-0.39, 0.29) is 6.04 Å². The third kappa shape index (κ3) is 2.83. The lowest BCUT2D eigenvalue weighted by Gasteiger charge is -2.15. The normalized spacial score (nSPS) is 13.8.